The lowest BCUT2D eigenvalue weighted by atomic mass is 9.93. The van der Waals surface area contributed by atoms with Gasteiger partial charge in [-0.25, -0.2) is 4.79 Å². The lowest BCUT2D eigenvalue weighted by Crippen LogP contribution is -2.62. The number of urea groups is 1. The molecule has 3 fully saturated rings. The van der Waals surface area contributed by atoms with Crippen LogP contribution in [0.2, 0.25) is 10.0 Å². The first-order valence-corrected chi connectivity index (χ1v) is 12.0. The highest BCUT2D eigenvalue weighted by Crippen LogP contribution is 2.26. The number of benzene rings is 1. The topological polar surface area (TPSA) is 67.9 Å². The van der Waals surface area contributed by atoms with Gasteiger partial charge in [0.25, 0.3) is 0 Å². The highest BCUT2D eigenvalue weighted by atomic mass is 35.5. The lowest BCUT2D eigenvalue weighted by Gasteiger charge is -2.42. The number of carbonyl (C=O) groups is 2. The number of halogens is 2. The minimum Gasteiger partial charge on any atom is -0.338 e. The van der Waals surface area contributed by atoms with Gasteiger partial charge in [0.05, 0.1) is 16.1 Å². The van der Waals surface area contributed by atoms with Crippen molar-refractivity contribution < 1.29 is 9.59 Å². The van der Waals surface area contributed by atoms with Gasteiger partial charge in [0, 0.05) is 57.5 Å². The predicted molar refractivity (Wildman–Crippen MR) is 124 cm³/mol. The number of anilines is 1. The molecule has 1 saturated carbocycles. The van der Waals surface area contributed by atoms with Crippen LogP contribution < -0.4 is 10.6 Å². The smallest absolute Gasteiger partial charge is 0.321 e. The van der Waals surface area contributed by atoms with E-state index < -0.39 is 0 Å². The molecule has 9 heteroatoms. The molecule has 0 aromatic heterocycles. The van der Waals surface area contributed by atoms with E-state index in [1.165, 1.54) is 32.1 Å². The Morgan fingerprint density at radius 3 is 2.35 bits per heavy atom. The Morgan fingerprint density at radius 1 is 0.935 bits per heavy atom. The molecule has 4 rings (SSSR count). The number of rotatable bonds is 3. The standard InChI is InChI=1S/C22H31Cl2N5O2/c23-18-7-6-16(14-19(18)24)26-22(31)28-12-10-27(11-13-28)21(30)20-15-29(9-8-25-20)17-4-2-1-3-5-17/h6-7,14,17,20,25H,1-5,8-13,15H2,(H,26,31)/t20-/m1/s1. The number of hydrogen-bond donors (Lipinski definition) is 2. The van der Waals surface area contributed by atoms with Crippen molar-refractivity contribution in [1.82, 2.24) is 20.0 Å². The molecule has 3 aliphatic rings. The van der Waals surface area contributed by atoms with E-state index in [1.54, 1.807) is 23.1 Å². The fourth-order valence-electron chi connectivity index (χ4n) is 4.84. The summed E-state index contributed by atoms with van der Waals surface area (Å²) in [6, 6.07) is 5.31. The molecule has 2 N–H and O–H groups in total. The van der Waals surface area contributed by atoms with Gasteiger partial charge in [0.1, 0.15) is 0 Å². The maximum Gasteiger partial charge on any atom is 0.321 e. The van der Waals surface area contributed by atoms with Crippen molar-refractivity contribution in [2.24, 2.45) is 0 Å². The van der Waals surface area contributed by atoms with Crippen LogP contribution in [-0.2, 0) is 4.79 Å². The van der Waals surface area contributed by atoms with E-state index in [0.29, 0.717) is 48.0 Å². The van der Waals surface area contributed by atoms with Crippen molar-refractivity contribution in [1.29, 1.82) is 0 Å². The summed E-state index contributed by atoms with van der Waals surface area (Å²) in [5, 5.41) is 7.11. The number of nitrogens with zero attached hydrogens (tertiary/aromatic N) is 3. The number of hydrogen-bond acceptors (Lipinski definition) is 4. The fraction of sp³-hybridized carbons (Fsp3) is 0.636. The monoisotopic (exact) mass is 467 g/mol. The van der Waals surface area contributed by atoms with Crippen LogP contribution >= 0.6 is 23.2 Å². The van der Waals surface area contributed by atoms with Crippen LogP contribution in [0.1, 0.15) is 32.1 Å². The van der Waals surface area contributed by atoms with Gasteiger partial charge in [-0.1, -0.05) is 42.5 Å². The molecule has 2 aliphatic heterocycles. The second kappa shape index (κ2) is 10.4. The van der Waals surface area contributed by atoms with Gasteiger partial charge in [0.2, 0.25) is 5.91 Å². The molecule has 0 unspecified atom stereocenters. The van der Waals surface area contributed by atoms with Gasteiger partial charge in [-0.2, -0.15) is 0 Å². The summed E-state index contributed by atoms with van der Waals surface area (Å²) in [6.45, 7) is 4.80. The summed E-state index contributed by atoms with van der Waals surface area (Å²) in [4.78, 5) is 31.8. The molecule has 3 amide bonds. The number of nitrogens with one attached hydrogen (secondary N) is 2. The zero-order valence-corrected chi connectivity index (χ0v) is 19.3. The lowest BCUT2D eigenvalue weighted by molar-refractivity contribution is -0.136. The van der Waals surface area contributed by atoms with Gasteiger partial charge >= 0.3 is 6.03 Å². The third kappa shape index (κ3) is 5.64. The molecule has 170 valence electrons. The van der Waals surface area contributed by atoms with E-state index in [-0.39, 0.29) is 18.0 Å². The average Bonchev–Trinajstić information content (AvgIpc) is 2.82. The number of piperazine rings is 2. The maximum atomic E-state index is 13.1. The second-order valence-electron chi connectivity index (χ2n) is 8.66. The molecule has 0 radical (unpaired) electrons. The molecule has 0 spiro atoms. The van der Waals surface area contributed by atoms with Crippen LogP contribution in [0, 0.1) is 0 Å². The van der Waals surface area contributed by atoms with Gasteiger partial charge in [0.15, 0.2) is 0 Å². The minimum atomic E-state index is -0.190. The Hall–Kier alpha value is -1.54. The van der Waals surface area contributed by atoms with Gasteiger partial charge in [-0.15, -0.1) is 0 Å². The van der Waals surface area contributed by atoms with E-state index in [0.717, 1.165) is 19.6 Å². The first kappa shape index (κ1) is 22.6. The van der Waals surface area contributed by atoms with Crippen LogP contribution in [0.25, 0.3) is 0 Å². The molecule has 1 aromatic rings. The zero-order valence-electron chi connectivity index (χ0n) is 17.8. The van der Waals surface area contributed by atoms with Crippen LogP contribution in [-0.4, -0.2) is 84.5 Å². The van der Waals surface area contributed by atoms with Gasteiger partial charge in [-0.05, 0) is 31.0 Å². The third-order valence-corrected chi connectivity index (χ3v) is 7.38. The molecule has 1 atom stereocenters. The molecular formula is C22H31Cl2N5O2. The average molecular weight is 468 g/mol. The van der Waals surface area contributed by atoms with E-state index in [1.807, 2.05) is 4.90 Å². The first-order valence-electron chi connectivity index (χ1n) is 11.3. The zero-order chi connectivity index (χ0) is 21.8. The summed E-state index contributed by atoms with van der Waals surface area (Å²) in [5.74, 6) is 0.157. The van der Waals surface area contributed by atoms with Crippen molar-refractivity contribution in [2.45, 2.75) is 44.2 Å². The molecule has 2 heterocycles. The minimum absolute atomic E-state index is 0.146. The van der Waals surface area contributed by atoms with E-state index in [2.05, 4.69) is 15.5 Å². The Balaban J connectivity index is 1.26. The highest BCUT2D eigenvalue weighted by molar-refractivity contribution is 6.42. The number of amides is 3. The second-order valence-corrected chi connectivity index (χ2v) is 9.48. The third-order valence-electron chi connectivity index (χ3n) is 6.65. The predicted octanol–water partition coefficient (Wildman–Crippen LogP) is 3.28. The Kier molecular flexibility index (Phi) is 7.59. The summed E-state index contributed by atoms with van der Waals surface area (Å²) in [7, 11) is 0. The van der Waals surface area contributed by atoms with E-state index in [4.69, 9.17) is 23.2 Å². The molecule has 1 aliphatic carbocycles. The first-order chi connectivity index (χ1) is 15.0. The van der Waals surface area contributed by atoms with E-state index in [9.17, 15) is 9.59 Å². The molecule has 31 heavy (non-hydrogen) atoms. The Labute approximate surface area is 194 Å². The molecule has 1 aromatic carbocycles. The summed E-state index contributed by atoms with van der Waals surface area (Å²) in [6.07, 6.45) is 6.47. The summed E-state index contributed by atoms with van der Waals surface area (Å²) in [5.41, 5.74) is 0.604. The SMILES string of the molecule is O=C(Nc1ccc(Cl)c(Cl)c1)N1CCN(C(=O)[C@H]2CN(C3CCCCC3)CCN2)CC1. The van der Waals surface area contributed by atoms with Crippen LogP contribution in [0.4, 0.5) is 10.5 Å². The van der Waals surface area contributed by atoms with Crippen LogP contribution in [0.15, 0.2) is 18.2 Å². The summed E-state index contributed by atoms with van der Waals surface area (Å²) < 4.78 is 0. The van der Waals surface area contributed by atoms with Crippen molar-refractivity contribution in [2.75, 3.05) is 51.1 Å². The van der Waals surface area contributed by atoms with Crippen LogP contribution in [0.3, 0.4) is 0 Å². The van der Waals surface area contributed by atoms with Crippen molar-refractivity contribution in [3.8, 4) is 0 Å². The van der Waals surface area contributed by atoms with Gasteiger partial charge in [-0.3, -0.25) is 9.69 Å². The van der Waals surface area contributed by atoms with E-state index >= 15 is 0 Å². The van der Waals surface area contributed by atoms with Crippen molar-refractivity contribution >= 4 is 40.8 Å². The maximum absolute atomic E-state index is 13.1. The Morgan fingerprint density at radius 2 is 1.65 bits per heavy atom. The molecule has 2 saturated heterocycles. The fourth-order valence-corrected chi connectivity index (χ4v) is 5.14. The molecular weight excluding hydrogens is 437 g/mol. The summed E-state index contributed by atoms with van der Waals surface area (Å²) >= 11 is 11.9. The van der Waals surface area contributed by atoms with Crippen molar-refractivity contribution in [3.05, 3.63) is 28.2 Å². The van der Waals surface area contributed by atoms with Crippen molar-refractivity contribution in [3.63, 3.8) is 0 Å². The molecule has 0 bridgehead atoms. The van der Waals surface area contributed by atoms with Crippen LogP contribution in [0.5, 0.6) is 0 Å². The van der Waals surface area contributed by atoms with Gasteiger partial charge < -0.3 is 20.4 Å². The Bertz CT molecular complexity index is 794. The highest BCUT2D eigenvalue weighted by Gasteiger charge is 2.34. The normalized spacial score (nSPS) is 23.6. The quantitative estimate of drug-likeness (QED) is 0.715. The largest absolute Gasteiger partial charge is 0.338 e. The number of carbonyl (C=O) groups excluding carboxylic acids is 2. The molecule has 7 nitrogen and oxygen atoms in total.